The normalized spacial score (nSPS) is 15.9. The maximum Gasteiger partial charge on any atom is 0.263 e. The largest absolute Gasteiger partial charge is 0.345 e. The van der Waals surface area contributed by atoms with E-state index in [1.807, 2.05) is 30.3 Å². The number of aryl methyl sites for hydroxylation is 1. The van der Waals surface area contributed by atoms with Gasteiger partial charge in [-0.3, -0.25) is 4.79 Å². The molecule has 4 rings (SSSR count). The molecule has 0 fully saturated rings. The molecule has 7 heteroatoms. The zero-order chi connectivity index (χ0) is 24.2. The third-order valence-corrected chi connectivity index (χ3v) is 6.25. The Hall–Kier alpha value is -3.79. The summed E-state index contributed by atoms with van der Waals surface area (Å²) in [6.07, 6.45) is 0.425. The lowest BCUT2D eigenvalue weighted by molar-refractivity contribution is -0.131. The minimum atomic E-state index is -2.75. The van der Waals surface area contributed by atoms with E-state index >= 15 is 0 Å². The number of rotatable bonds is 6. The Bertz CT molecular complexity index is 1210. The summed E-state index contributed by atoms with van der Waals surface area (Å²) in [5, 5.41) is 9.61. The molecule has 0 saturated heterocycles. The second-order valence-corrected chi connectivity index (χ2v) is 8.39. The van der Waals surface area contributed by atoms with Crippen LogP contribution < -0.4 is 0 Å². The summed E-state index contributed by atoms with van der Waals surface area (Å²) < 4.78 is 40.3. The van der Waals surface area contributed by atoms with Gasteiger partial charge in [0.05, 0.1) is 12.1 Å². The minimum Gasteiger partial charge on any atom is -0.345 e. The van der Waals surface area contributed by atoms with Gasteiger partial charge in [0.2, 0.25) is 5.91 Å². The Morgan fingerprint density at radius 1 is 1.18 bits per heavy atom. The smallest absolute Gasteiger partial charge is 0.263 e. The van der Waals surface area contributed by atoms with E-state index in [0.717, 1.165) is 22.9 Å². The number of nitrogens with zero attached hydrogens (tertiary/aromatic N) is 3. The van der Waals surface area contributed by atoms with Gasteiger partial charge in [-0.15, -0.1) is 0 Å². The standard InChI is InChI=1S/C27H24F3N3O/c1-18-22(14-31)16-33(15-21-9-8-20(27(29)30)13-24(21)28)25-11-12-32(17-23(18)25)26(34)10-7-19-5-3-2-4-6-19/h2-6,8-9,13,16,27H,1,7,10-12,15,17H2. The molecule has 2 aromatic carbocycles. The summed E-state index contributed by atoms with van der Waals surface area (Å²) in [5.74, 6) is -0.693. The van der Waals surface area contributed by atoms with Gasteiger partial charge in [-0.05, 0) is 29.2 Å². The van der Waals surface area contributed by atoms with Crippen molar-refractivity contribution in [2.45, 2.75) is 32.2 Å². The first-order chi connectivity index (χ1) is 16.4. The van der Waals surface area contributed by atoms with Gasteiger partial charge >= 0.3 is 0 Å². The minimum absolute atomic E-state index is 0.0245. The van der Waals surface area contributed by atoms with Crippen LogP contribution in [0.4, 0.5) is 13.2 Å². The lowest BCUT2D eigenvalue weighted by Crippen LogP contribution is -2.41. The predicted octanol–water partition coefficient (Wildman–Crippen LogP) is 5.66. The van der Waals surface area contributed by atoms with Crippen LogP contribution in [-0.2, 0) is 17.8 Å². The molecule has 34 heavy (non-hydrogen) atoms. The second kappa shape index (κ2) is 10.0. The van der Waals surface area contributed by atoms with Gasteiger partial charge in [-0.1, -0.05) is 49.0 Å². The molecule has 0 radical (unpaired) electrons. The number of allylic oxidation sites excluding steroid dienone is 1. The Kier molecular flexibility index (Phi) is 6.87. The molecule has 0 aromatic heterocycles. The van der Waals surface area contributed by atoms with E-state index in [4.69, 9.17) is 0 Å². The maximum absolute atomic E-state index is 14.5. The zero-order valence-corrected chi connectivity index (χ0v) is 18.6. The monoisotopic (exact) mass is 463 g/mol. The van der Waals surface area contributed by atoms with Crippen LogP contribution >= 0.6 is 0 Å². The van der Waals surface area contributed by atoms with Gasteiger partial charge in [0.1, 0.15) is 11.9 Å². The average Bonchev–Trinajstić information content (AvgIpc) is 2.85. The molecule has 0 unspecified atom stereocenters. The molecule has 2 heterocycles. The van der Waals surface area contributed by atoms with Gasteiger partial charge in [0.15, 0.2) is 0 Å². The molecular weight excluding hydrogens is 439 g/mol. The molecule has 0 bridgehead atoms. The number of amides is 1. The van der Waals surface area contributed by atoms with Crippen molar-refractivity contribution in [3.05, 3.63) is 106 Å². The van der Waals surface area contributed by atoms with Crippen molar-refractivity contribution < 1.29 is 18.0 Å². The van der Waals surface area contributed by atoms with E-state index in [9.17, 15) is 23.2 Å². The number of nitriles is 1. The van der Waals surface area contributed by atoms with E-state index in [1.165, 1.54) is 12.1 Å². The first kappa shape index (κ1) is 23.4. The molecule has 1 amide bonds. The van der Waals surface area contributed by atoms with Crippen molar-refractivity contribution in [3.8, 4) is 6.07 Å². The number of benzene rings is 2. The van der Waals surface area contributed by atoms with Gasteiger partial charge in [-0.25, -0.2) is 13.2 Å². The molecular formula is C27H24F3N3O. The molecule has 0 spiro atoms. The molecule has 0 N–H and O–H groups in total. The first-order valence-electron chi connectivity index (χ1n) is 11.1. The summed E-state index contributed by atoms with van der Waals surface area (Å²) >= 11 is 0. The van der Waals surface area contributed by atoms with E-state index in [1.54, 1.807) is 16.0 Å². The van der Waals surface area contributed by atoms with Crippen LogP contribution in [0.15, 0.2) is 83.7 Å². The highest BCUT2D eigenvalue weighted by molar-refractivity contribution is 5.77. The Morgan fingerprint density at radius 3 is 2.62 bits per heavy atom. The maximum atomic E-state index is 14.5. The Balaban J connectivity index is 1.52. The van der Waals surface area contributed by atoms with Crippen molar-refractivity contribution in [2.75, 3.05) is 13.1 Å². The van der Waals surface area contributed by atoms with Gasteiger partial charge in [0, 0.05) is 49.0 Å². The summed E-state index contributed by atoms with van der Waals surface area (Å²) in [6, 6.07) is 15.3. The summed E-state index contributed by atoms with van der Waals surface area (Å²) in [6.45, 7) is 4.97. The lowest BCUT2D eigenvalue weighted by atomic mass is 9.90. The fourth-order valence-corrected chi connectivity index (χ4v) is 4.33. The van der Waals surface area contributed by atoms with Crippen molar-refractivity contribution in [3.63, 3.8) is 0 Å². The van der Waals surface area contributed by atoms with E-state index in [2.05, 4.69) is 12.6 Å². The van der Waals surface area contributed by atoms with Crippen LogP contribution in [0, 0.1) is 17.1 Å². The van der Waals surface area contributed by atoms with E-state index in [-0.39, 0.29) is 23.6 Å². The van der Waals surface area contributed by atoms with Gasteiger partial charge < -0.3 is 9.80 Å². The number of hydrogen-bond acceptors (Lipinski definition) is 3. The molecule has 0 atom stereocenters. The van der Waals surface area contributed by atoms with Crippen LogP contribution in [0.5, 0.6) is 0 Å². The molecule has 2 aromatic rings. The van der Waals surface area contributed by atoms with Crippen molar-refractivity contribution in [1.82, 2.24) is 9.80 Å². The first-order valence-corrected chi connectivity index (χ1v) is 11.1. The third-order valence-electron chi connectivity index (χ3n) is 6.25. The molecule has 174 valence electrons. The molecule has 2 aliphatic heterocycles. The summed E-state index contributed by atoms with van der Waals surface area (Å²) in [5.41, 5.74) is 3.51. The average molecular weight is 464 g/mol. The SMILES string of the molecule is C=C1C(C#N)=CN(Cc2ccc(C(F)F)cc2F)C2=C1CN(C(=O)CCc1ccccc1)CC2. The number of carbonyl (C=O) groups excluding carboxylic acids is 1. The van der Waals surface area contributed by atoms with Crippen LogP contribution in [0.25, 0.3) is 0 Å². The predicted molar refractivity (Wildman–Crippen MR) is 123 cm³/mol. The fraction of sp³-hybridized carbons (Fsp3) is 0.259. The van der Waals surface area contributed by atoms with Crippen LogP contribution in [0.1, 0.15) is 36.0 Å². The number of halogens is 3. The topological polar surface area (TPSA) is 47.3 Å². The molecule has 2 aliphatic rings. The second-order valence-electron chi connectivity index (χ2n) is 8.39. The van der Waals surface area contributed by atoms with Crippen LogP contribution in [0.3, 0.4) is 0 Å². The van der Waals surface area contributed by atoms with Crippen LogP contribution in [0.2, 0.25) is 0 Å². The quantitative estimate of drug-likeness (QED) is 0.555. The number of alkyl halides is 2. The van der Waals surface area contributed by atoms with Gasteiger partial charge in [0.25, 0.3) is 6.43 Å². The summed E-state index contributed by atoms with van der Waals surface area (Å²) in [4.78, 5) is 16.4. The van der Waals surface area contributed by atoms with Crippen molar-refractivity contribution in [1.29, 1.82) is 5.26 Å². The third kappa shape index (κ3) is 4.91. The highest BCUT2D eigenvalue weighted by Gasteiger charge is 2.31. The zero-order valence-electron chi connectivity index (χ0n) is 18.6. The Labute approximate surface area is 196 Å². The number of carbonyl (C=O) groups is 1. The highest BCUT2D eigenvalue weighted by Crippen LogP contribution is 2.36. The molecule has 0 aliphatic carbocycles. The van der Waals surface area contributed by atoms with Crippen molar-refractivity contribution >= 4 is 5.91 Å². The Morgan fingerprint density at radius 2 is 1.94 bits per heavy atom. The lowest BCUT2D eigenvalue weighted by Gasteiger charge is -2.39. The van der Waals surface area contributed by atoms with E-state index in [0.29, 0.717) is 43.5 Å². The van der Waals surface area contributed by atoms with Gasteiger partial charge in [-0.2, -0.15) is 5.26 Å². The van der Waals surface area contributed by atoms with Crippen molar-refractivity contribution in [2.24, 2.45) is 0 Å². The fourth-order valence-electron chi connectivity index (χ4n) is 4.33. The van der Waals surface area contributed by atoms with Crippen LogP contribution in [-0.4, -0.2) is 28.8 Å². The number of hydrogen-bond donors (Lipinski definition) is 0. The molecule has 0 saturated carbocycles. The van der Waals surface area contributed by atoms with E-state index < -0.39 is 12.2 Å². The summed E-state index contributed by atoms with van der Waals surface area (Å²) in [7, 11) is 0. The highest BCUT2D eigenvalue weighted by atomic mass is 19.3. The molecule has 4 nitrogen and oxygen atoms in total.